The predicted octanol–water partition coefficient (Wildman–Crippen LogP) is 4.90. The quantitative estimate of drug-likeness (QED) is 0.657. The SMILES string of the molecule is ClCc1cc(Br)c(OCCC2CCCO2)c(Br)c1. The summed E-state index contributed by atoms with van der Waals surface area (Å²) in [6.07, 6.45) is 3.62. The van der Waals surface area contributed by atoms with E-state index in [1.165, 1.54) is 6.42 Å². The van der Waals surface area contributed by atoms with E-state index in [9.17, 15) is 0 Å². The van der Waals surface area contributed by atoms with Gasteiger partial charge < -0.3 is 9.47 Å². The van der Waals surface area contributed by atoms with Crippen molar-refractivity contribution in [2.45, 2.75) is 31.2 Å². The smallest absolute Gasteiger partial charge is 0.147 e. The van der Waals surface area contributed by atoms with E-state index < -0.39 is 0 Å². The zero-order valence-electron chi connectivity index (χ0n) is 9.93. The Labute approximate surface area is 129 Å². The summed E-state index contributed by atoms with van der Waals surface area (Å²) < 4.78 is 13.2. The molecule has 1 unspecified atom stereocenters. The summed E-state index contributed by atoms with van der Waals surface area (Å²) >= 11 is 12.8. The van der Waals surface area contributed by atoms with Gasteiger partial charge in [0.2, 0.25) is 0 Å². The maximum atomic E-state index is 5.81. The molecule has 1 saturated heterocycles. The molecule has 0 bridgehead atoms. The lowest BCUT2D eigenvalue weighted by Gasteiger charge is -2.13. The molecule has 1 aromatic rings. The molecule has 1 aromatic carbocycles. The lowest BCUT2D eigenvalue weighted by molar-refractivity contribution is 0.0901. The molecule has 0 radical (unpaired) electrons. The largest absolute Gasteiger partial charge is 0.491 e. The van der Waals surface area contributed by atoms with Gasteiger partial charge in [0, 0.05) is 18.9 Å². The molecule has 1 aliphatic rings. The molecule has 0 saturated carbocycles. The van der Waals surface area contributed by atoms with Crippen molar-refractivity contribution in [3.8, 4) is 5.75 Å². The van der Waals surface area contributed by atoms with Crippen molar-refractivity contribution in [2.75, 3.05) is 13.2 Å². The molecule has 0 aliphatic carbocycles. The van der Waals surface area contributed by atoms with Crippen LogP contribution in [0.5, 0.6) is 5.75 Å². The maximum absolute atomic E-state index is 5.81. The lowest BCUT2D eigenvalue weighted by atomic mass is 10.2. The van der Waals surface area contributed by atoms with Crippen molar-refractivity contribution < 1.29 is 9.47 Å². The normalized spacial score (nSPS) is 19.2. The second kappa shape index (κ2) is 7.13. The van der Waals surface area contributed by atoms with Crippen molar-refractivity contribution in [2.24, 2.45) is 0 Å². The molecule has 1 heterocycles. The highest BCUT2D eigenvalue weighted by atomic mass is 79.9. The first-order valence-corrected chi connectivity index (χ1v) is 8.11. The molecule has 1 aliphatic heterocycles. The molecule has 0 amide bonds. The Morgan fingerprint density at radius 2 is 2.06 bits per heavy atom. The number of ether oxygens (including phenoxy) is 2. The van der Waals surface area contributed by atoms with E-state index in [1.807, 2.05) is 12.1 Å². The minimum Gasteiger partial charge on any atom is -0.491 e. The molecule has 1 fully saturated rings. The summed E-state index contributed by atoms with van der Waals surface area (Å²) in [5.41, 5.74) is 1.06. The third-order valence-electron chi connectivity index (χ3n) is 2.92. The Balaban J connectivity index is 1.92. The van der Waals surface area contributed by atoms with Crippen molar-refractivity contribution in [1.82, 2.24) is 0 Å². The van der Waals surface area contributed by atoms with Crippen LogP contribution in [-0.2, 0) is 10.6 Å². The van der Waals surface area contributed by atoms with Crippen LogP contribution in [0, 0.1) is 0 Å². The van der Waals surface area contributed by atoms with Gasteiger partial charge in [-0.05, 0) is 62.4 Å². The molecular weight excluding hydrogens is 383 g/mol. The number of hydrogen-bond acceptors (Lipinski definition) is 2. The molecular formula is C13H15Br2ClO2. The van der Waals surface area contributed by atoms with Crippen LogP contribution in [0.1, 0.15) is 24.8 Å². The van der Waals surface area contributed by atoms with E-state index >= 15 is 0 Å². The Morgan fingerprint density at radius 1 is 1.33 bits per heavy atom. The van der Waals surface area contributed by atoms with Crippen LogP contribution in [-0.4, -0.2) is 19.3 Å². The Hall–Kier alpha value is 0.230. The maximum Gasteiger partial charge on any atom is 0.147 e. The van der Waals surface area contributed by atoms with E-state index in [0.29, 0.717) is 18.6 Å². The molecule has 2 nitrogen and oxygen atoms in total. The van der Waals surface area contributed by atoms with Gasteiger partial charge in [-0.1, -0.05) is 0 Å². The number of benzene rings is 1. The molecule has 18 heavy (non-hydrogen) atoms. The molecule has 0 aromatic heterocycles. The van der Waals surface area contributed by atoms with Crippen molar-refractivity contribution in [3.05, 3.63) is 26.6 Å². The van der Waals surface area contributed by atoms with Crippen LogP contribution < -0.4 is 4.74 Å². The van der Waals surface area contributed by atoms with Gasteiger partial charge in [0.1, 0.15) is 5.75 Å². The Kier molecular flexibility index (Phi) is 5.80. The lowest BCUT2D eigenvalue weighted by Crippen LogP contribution is -2.11. The summed E-state index contributed by atoms with van der Waals surface area (Å²) in [6.45, 7) is 1.56. The summed E-state index contributed by atoms with van der Waals surface area (Å²) in [7, 11) is 0. The highest BCUT2D eigenvalue weighted by molar-refractivity contribution is 9.11. The third kappa shape index (κ3) is 3.86. The van der Waals surface area contributed by atoms with Crippen molar-refractivity contribution >= 4 is 43.5 Å². The Morgan fingerprint density at radius 3 is 2.61 bits per heavy atom. The van der Waals surface area contributed by atoms with Gasteiger partial charge in [0.15, 0.2) is 0 Å². The van der Waals surface area contributed by atoms with E-state index in [1.54, 1.807) is 0 Å². The van der Waals surface area contributed by atoms with Gasteiger partial charge in [-0.15, -0.1) is 11.6 Å². The molecule has 5 heteroatoms. The summed E-state index contributed by atoms with van der Waals surface area (Å²) in [4.78, 5) is 0. The average Bonchev–Trinajstić information content (AvgIpc) is 2.85. The molecule has 0 N–H and O–H groups in total. The fourth-order valence-corrected chi connectivity index (χ4v) is 3.66. The van der Waals surface area contributed by atoms with Crippen LogP contribution in [0.2, 0.25) is 0 Å². The average molecular weight is 399 g/mol. The van der Waals surface area contributed by atoms with E-state index in [2.05, 4.69) is 31.9 Å². The van der Waals surface area contributed by atoms with Crippen LogP contribution in [0.15, 0.2) is 21.1 Å². The summed E-state index contributed by atoms with van der Waals surface area (Å²) in [5, 5.41) is 0. The molecule has 2 rings (SSSR count). The van der Waals surface area contributed by atoms with Crippen molar-refractivity contribution in [1.29, 1.82) is 0 Å². The highest BCUT2D eigenvalue weighted by Gasteiger charge is 2.16. The predicted molar refractivity (Wildman–Crippen MR) is 80.5 cm³/mol. The van der Waals surface area contributed by atoms with E-state index in [4.69, 9.17) is 21.1 Å². The highest BCUT2D eigenvalue weighted by Crippen LogP contribution is 2.35. The van der Waals surface area contributed by atoms with Crippen LogP contribution in [0.3, 0.4) is 0 Å². The first kappa shape index (κ1) is 14.6. The van der Waals surface area contributed by atoms with Crippen LogP contribution >= 0.6 is 43.5 Å². The number of hydrogen-bond donors (Lipinski definition) is 0. The zero-order chi connectivity index (χ0) is 13.0. The zero-order valence-corrected chi connectivity index (χ0v) is 13.9. The Bertz CT molecular complexity index is 383. The van der Waals surface area contributed by atoms with E-state index in [-0.39, 0.29) is 0 Å². The van der Waals surface area contributed by atoms with Gasteiger partial charge in [0.25, 0.3) is 0 Å². The number of alkyl halides is 1. The molecule has 0 spiro atoms. The van der Waals surface area contributed by atoms with Gasteiger partial charge >= 0.3 is 0 Å². The van der Waals surface area contributed by atoms with Gasteiger partial charge in [0.05, 0.1) is 21.7 Å². The fourth-order valence-electron chi connectivity index (χ4n) is 1.99. The van der Waals surface area contributed by atoms with Gasteiger partial charge in [-0.3, -0.25) is 0 Å². The topological polar surface area (TPSA) is 18.5 Å². The first-order valence-electron chi connectivity index (χ1n) is 5.99. The van der Waals surface area contributed by atoms with Crippen LogP contribution in [0.4, 0.5) is 0 Å². The van der Waals surface area contributed by atoms with Gasteiger partial charge in [-0.2, -0.15) is 0 Å². The first-order chi connectivity index (χ1) is 8.70. The number of halogens is 3. The summed E-state index contributed by atoms with van der Waals surface area (Å²) in [6, 6.07) is 3.97. The van der Waals surface area contributed by atoms with Crippen molar-refractivity contribution in [3.63, 3.8) is 0 Å². The second-order valence-corrected chi connectivity index (χ2v) is 6.27. The van der Waals surface area contributed by atoms with Gasteiger partial charge in [-0.25, -0.2) is 0 Å². The minimum absolute atomic E-state index is 0.365. The standard InChI is InChI=1S/C13H15Br2ClO2/c14-11-6-9(8-16)7-12(15)13(11)18-5-3-10-2-1-4-17-10/h6-7,10H,1-5,8H2. The minimum atomic E-state index is 0.365. The monoisotopic (exact) mass is 396 g/mol. The van der Waals surface area contributed by atoms with Crippen LogP contribution in [0.25, 0.3) is 0 Å². The molecule has 100 valence electrons. The van der Waals surface area contributed by atoms with E-state index in [0.717, 1.165) is 39.7 Å². The third-order valence-corrected chi connectivity index (χ3v) is 4.41. The summed E-state index contributed by atoms with van der Waals surface area (Å²) in [5.74, 6) is 1.33. The second-order valence-electron chi connectivity index (χ2n) is 4.29. The molecule has 1 atom stereocenters. The number of rotatable bonds is 5. The fraction of sp³-hybridized carbons (Fsp3) is 0.538.